The number of carbonyl (C=O) groups excluding carboxylic acids is 1. The topological polar surface area (TPSA) is 42.0 Å². The standard InChI is InChI=1S/C13H11ClN2O/c1-9-7-10(14)4-5-12(9)13(17)16-11-3-2-6-15-8-11/h2-8H,1H3,(H,16,17). The van der Waals surface area contributed by atoms with Crippen LogP contribution >= 0.6 is 11.6 Å². The summed E-state index contributed by atoms with van der Waals surface area (Å²) >= 11 is 5.84. The lowest BCUT2D eigenvalue weighted by molar-refractivity contribution is 0.102. The molecule has 0 saturated carbocycles. The molecule has 0 spiro atoms. The summed E-state index contributed by atoms with van der Waals surface area (Å²) in [4.78, 5) is 15.9. The van der Waals surface area contributed by atoms with Crippen LogP contribution in [0.2, 0.25) is 5.02 Å². The van der Waals surface area contributed by atoms with Crippen LogP contribution in [0.1, 0.15) is 15.9 Å². The molecule has 0 bridgehead atoms. The Morgan fingerprint density at radius 1 is 1.35 bits per heavy atom. The lowest BCUT2D eigenvalue weighted by Crippen LogP contribution is -2.13. The van der Waals surface area contributed by atoms with Gasteiger partial charge in [0, 0.05) is 16.8 Å². The molecule has 0 fully saturated rings. The molecule has 1 aromatic carbocycles. The number of rotatable bonds is 2. The monoisotopic (exact) mass is 246 g/mol. The van der Waals surface area contributed by atoms with Gasteiger partial charge in [0.25, 0.3) is 5.91 Å². The molecule has 0 unspecified atom stereocenters. The van der Waals surface area contributed by atoms with E-state index < -0.39 is 0 Å². The van der Waals surface area contributed by atoms with Crippen LogP contribution < -0.4 is 5.32 Å². The third-order valence-electron chi connectivity index (χ3n) is 2.35. The fourth-order valence-corrected chi connectivity index (χ4v) is 1.74. The number of amides is 1. The van der Waals surface area contributed by atoms with Crippen LogP contribution in [0.4, 0.5) is 5.69 Å². The van der Waals surface area contributed by atoms with Gasteiger partial charge in [0.2, 0.25) is 0 Å². The molecule has 1 N–H and O–H groups in total. The Morgan fingerprint density at radius 2 is 2.18 bits per heavy atom. The first-order valence-corrected chi connectivity index (χ1v) is 5.52. The van der Waals surface area contributed by atoms with Crippen molar-refractivity contribution >= 4 is 23.2 Å². The second-order valence-corrected chi connectivity index (χ2v) is 4.09. The molecule has 1 heterocycles. The van der Waals surface area contributed by atoms with Crippen LogP contribution in [-0.2, 0) is 0 Å². The number of nitrogens with one attached hydrogen (secondary N) is 1. The van der Waals surface area contributed by atoms with Crippen LogP contribution in [0.15, 0.2) is 42.7 Å². The van der Waals surface area contributed by atoms with Gasteiger partial charge in [-0.3, -0.25) is 9.78 Å². The Bertz CT molecular complexity index is 540. The van der Waals surface area contributed by atoms with Crippen molar-refractivity contribution in [3.63, 3.8) is 0 Å². The molecule has 3 nitrogen and oxygen atoms in total. The zero-order chi connectivity index (χ0) is 12.3. The lowest BCUT2D eigenvalue weighted by Gasteiger charge is -2.07. The highest BCUT2D eigenvalue weighted by Gasteiger charge is 2.09. The van der Waals surface area contributed by atoms with Gasteiger partial charge in [0.1, 0.15) is 0 Å². The molecule has 4 heteroatoms. The van der Waals surface area contributed by atoms with Gasteiger partial charge in [-0.25, -0.2) is 0 Å². The van der Waals surface area contributed by atoms with Crippen LogP contribution in [0.25, 0.3) is 0 Å². The minimum atomic E-state index is -0.160. The largest absolute Gasteiger partial charge is 0.321 e. The Balaban J connectivity index is 2.21. The van der Waals surface area contributed by atoms with Gasteiger partial charge < -0.3 is 5.32 Å². The van der Waals surface area contributed by atoms with Crippen LogP contribution in [0.3, 0.4) is 0 Å². The number of benzene rings is 1. The summed E-state index contributed by atoms with van der Waals surface area (Å²) in [5.41, 5.74) is 2.13. The number of hydrogen-bond donors (Lipinski definition) is 1. The SMILES string of the molecule is Cc1cc(Cl)ccc1C(=O)Nc1cccnc1. The molecule has 2 rings (SSSR count). The average molecular weight is 247 g/mol. The summed E-state index contributed by atoms with van der Waals surface area (Å²) in [7, 11) is 0. The predicted molar refractivity (Wildman–Crippen MR) is 68.4 cm³/mol. The maximum Gasteiger partial charge on any atom is 0.255 e. The van der Waals surface area contributed by atoms with Gasteiger partial charge in [-0.1, -0.05) is 11.6 Å². The molecule has 1 aromatic heterocycles. The van der Waals surface area contributed by atoms with Crippen LogP contribution in [0.5, 0.6) is 0 Å². The first-order valence-electron chi connectivity index (χ1n) is 5.14. The third kappa shape index (κ3) is 2.82. The number of anilines is 1. The molecule has 0 atom stereocenters. The van der Waals surface area contributed by atoms with Crippen molar-refractivity contribution in [1.82, 2.24) is 4.98 Å². The fraction of sp³-hybridized carbons (Fsp3) is 0.0769. The van der Waals surface area contributed by atoms with E-state index in [0.29, 0.717) is 16.3 Å². The van der Waals surface area contributed by atoms with Gasteiger partial charge in [0.05, 0.1) is 11.9 Å². The Kier molecular flexibility index (Phi) is 3.40. The van der Waals surface area contributed by atoms with Crippen molar-refractivity contribution in [3.8, 4) is 0 Å². The van der Waals surface area contributed by atoms with Crippen molar-refractivity contribution in [2.45, 2.75) is 6.92 Å². The third-order valence-corrected chi connectivity index (χ3v) is 2.59. The second kappa shape index (κ2) is 4.97. The molecule has 0 saturated heterocycles. The van der Waals surface area contributed by atoms with E-state index in [1.165, 1.54) is 0 Å². The number of halogens is 1. The molecule has 17 heavy (non-hydrogen) atoms. The summed E-state index contributed by atoms with van der Waals surface area (Å²) in [6.07, 6.45) is 3.26. The normalized spacial score (nSPS) is 10.0. The van der Waals surface area contributed by atoms with E-state index in [1.54, 1.807) is 42.7 Å². The molecule has 0 aliphatic carbocycles. The summed E-state index contributed by atoms with van der Waals surface area (Å²) < 4.78 is 0. The van der Waals surface area contributed by atoms with Gasteiger partial charge >= 0.3 is 0 Å². The molecule has 0 aliphatic rings. The summed E-state index contributed by atoms with van der Waals surface area (Å²) in [5.74, 6) is -0.160. The summed E-state index contributed by atoms with van der Waals surface area (Å²) in [5, 5.41) is 3.40. The molecule has 2 aromatic rings. The maximum atomic E-state index is 12.0. The molecular formula is C13H11ClN2O. The van der Waals surface area contributed by atoms with E-state index in [4.69, 9.17) is 11.6 Å². The minimum Gasteiger partial charge on any atom is -0.321 e. The Labute approximate surface area is 104 Å². The van der Waals surface area contributed by atoms with Crippen molar-refractivity contribution in [2.24, 2.45) is 0 Å². The van der Waals surface area contributed by atoms with Crippen molar-refractivity contribution in [2.75, 3.05) is 5.32 Å². The number of aryl methyl sites for hydroxylation is 1. The van der Waals surface area contributed by atoms with Crippen molar-refractivity contribution < 1.29 is 4.79 Å². The molecule has 0 radical (unpaired) electrons. The first-order chi connectivity index (χ1) is 8.16. The number of nitrogens with zero attached hydrogens (tertiary/aromatic N) is 1. The molecular weight excluding hydrogens is 236 g/mol. The molecule has 0 aliphatic heterocycles. The summed E-state index contributed by atoms with van der Waals surface area (Å²) in [6, 6.07) is 8.73. The molecule has 86 valence electrons. The Hall–Kier alpha value is -1.87. The van der Waals surface area contributed by atoms with Gasteiger partial charge in [-0.15, -0.1) is 0 Å². The van der Waals surface area contributed by atoms with Crippen molar-refractivity contribution in [1.29, 1.82) is 0 Å². The second-order valence-electron chi connectivity index (χ2n) is 3.66. The number of carbonyl (C=O) groups is 1. The highest BCUT2D eigenvalue weighted by atomic mass is 35.5. The number of hydrogen-bond acceptors (Lipinski definition) is 2. The maximum absolute atomic E-state index is 12.0. The van der Waals surface area contributed by atoms with Crippen LogP contribution in [0, 0.1) is 6.92 Å². The smallest absolute Gasteiger partial charge is 0.255 e. The zero-order valence-electron chi connectivity index (χ0n) is 9.27. The van der Waals surface area contributed by atoms with E-state index in [-0.39, 0.29) is 5.91 Å². The van der Waals surface area contributed by atoms with Crippen molar-refractivity contribution in [3.05, 3.63) is 58.9 Å². The van der Waals surface area contributed by atoms with Gasteiger partial charge in [-0.05, 0) is 42.8 Å². The molecule has 1 amide bonds. The average Bonchev–Trinajstić information content (AvgIpc) is 2.30. The number of aromatic nitrogens is 1. The first kappa shape index (κ1) is 11.6. The summed E-state index contributed by atoms with van der Waals surface area (Å²) in [6.45, 7) is 1.85. The van der Waals surface area contributed by atoms with E-state index in [0.717, 1.165) is 5.56 Å². The van der Waals surface area contributed by atoms with E-state index >= 15 is 0 Å². The van der Waals surface area contributed by atoms with Gasteiger partial charge in [-0.2, -0.15) is 0 Å². The Morgan fingerprint density at radius 3 is 2.82 bits per heavy atom. The quantitative estimate of drug-likeness (QED) is 0.884. The zero-order valence-corrected chi connectivity index (χ0v) is 10.0. The van der Waals surface area contributed by atoms with Gasteiger partial charge in [0.15, 0.2) is 0 Å². The predicted octanol–water partition coefficient (Wildman–Crippen LogP) is 3.30. The number of pyridine rings is 1. The van der Waals surface area contributed by atoms with Crippen LogP contribution in [-0.4, -0.2) is 10.9 Å². The van der Waals surface area contributed by atoms with E-state index in [2.05, 4.69) is 10.3 Å². The minimum absolute atomic E-state index is 0.160. The fourth-order valence-electron chi connectivity index (χ4n) is 1.52. The van der Waals surface area contributed by atoms with E-state index in [9.17, 15) is 4.79 Å². The van der Waals surface area contributed by atoms with E-state index in [1.807, 2.05) is 6.92 Å². The lowest BCUT2D eigenvalue weighted by atomic mass is 10.1. The highest BCUT2D eigenvalue weighted by molar-refractivity contribution is 6.30. The highest BCUT2D eigenvalue weighted by Crippen LogP contribution is 2.16.